The quantitative estimate of drug-likeness (QED) is 0.627. The summed E-state index contributed by atoms with van der Waals surface area (Å²) in [4.78, 5) is 0.395. The van der Waals surface area contributed by atoms with Crippen LogP contribution in [0.15, 0.2) is 54.6 Å². The number of para-hydroxylation sites is 2. The molecule has 3 N–H and O–H groups in total. The molecule has 4 heteroatoms. The summed E-state index contributed by atoms with van der Waals surface area (Å²) in [5.74, 6) is 0.868. The van der Waals surface area contributed by atoms with E-state index in [1.807, 2.05) is 54.6 Å². The van der Waals surface area contributed by atoms with E-state index >= 15 is 0 Å². The Morgan fingerprint density at radius 2 is 1.74 bits per heavy atom. The van der Waals surface area contributed by atoms with Crippen LogP contribution in [0.4, 0.5) is 5.69 Å². The van der Waals surface area contributed by atoms with E-state index in [0.717, 1.165) is 17.0 Å². The summed E-state index contributed by atoms with van der Waals surface area (Å²) in [7, 11) is 0. The SMILES string of the molecule is NC(=S)c1ccccc1NCCOc1ccccc1. The monoisotopic (exact) mass is 272 g/mol. The molecule has 0 saturated carbocycles. The molecule has 3 nitrogen and oxygen atoms in total. The Morgan fingerprint density at radius 3 is 2.47 bits per heavy atom. The number of ether oxygens (including phenoxy) is 1. The predicted octanol–water partition coefficient (Wildman–Crippen LogP) is 2.81. The van der Waals surface area contributed by atoms with Gasteiger partial charge in [0.1, 0.15) is 17.3 Å². The Labute approximate surface area is 118 Å². The van der Waals surface area contributed by atoms with Gasteiger partial charge in [-0.3, -0.25) is 0 Å². The van der Waals surface area contributed by atoms with Gasteiger partial charge in [0, 0.05) is 17.8 Å². The van der Waals surface area contributed by atoms with E-state index in [0.29, 0.717) is 18.1 Å². The Balaban J connectivity index is 1.85. The molecule has 0 spiro atoms. The van der Waals surface area contributed by atoms with Crippen molar-refractivity contribution in [3.05, 3.63) is 60.2 Å². The zero-order valence-corrected chi connectivity index (χ0v) is 11.3. The lowest BCUT2D eigenvalue weighted by Gasteiger charge is -2.11. The molecule has 0 heterocycles. The molecular formula is C15H16N2OS. The van der Waals surface area contributed by atoms with Crippen molar-refractivity contribution in [1.82, 2.24) is 0 Å². The van der Waals surface area contributed by atoms with Crippen molar-refractivity contribution in [1.29, 1.82) is 0 Å². The maximum Gasteiger partial charge on any atom is 0.119 e. The number of thiocarbonyl (C=S) groups is 1. The zero-order chi connectivity index (χ0) is 13.5. The van der Waals surface area contributed by atoms with Crippen molar-refractivity contribution < 1.29 is 4.74 Å². The highest BCUT2D eigenvalue weighted by Gasteiger charge is 2.03. The van der Waals surface area contributed by atoms with Gasteiger partial charge in [-0.1, -0.05) is 42.5 Å². The van der Waals surface area contributed by atoms with Gasteiger partial charge in [0.05, 0.1) is 0 Å². The lowest BCUT2D eigenvalue weighted by atomic mass is 10.2. The standard InChI is InChI=1S/C15H16N2OS/c16-15(19)13-8-4-5-9-14(13)17-10-11-18-12-6-2-1-3-7-12/h1-9,17H,10-11H2,(H2,16,19). The first-order valence-electron chi connectivity index (χ1n) is 6.08. The molecule has 0 unspecified atom stereocenters. The summed E-state index contributed by atoms with van der Waals surface area (Å²) in [6.45, 7) is 1.27. The van der Waals surface area contributed by atoms with Crippen LogP contribution in [0, 0.1) is 0 Å². The van der Waals surface area contributed by atoms with Gasteiger partial charge in [-0.05, 0) is 24.3 Å². The second-order valence-electron chi connectivity index (χ2n) is 4.00. The van der Waals surface area contributed by atoms with Gasteiger partial charge < -0.3 is 15.8 Å². The molecule has 19 heavy (non-hydrogen) atoms. The topological polar surface area (TPSA) is 47.3 Å². The fraction of sp³-hybridized carbons (Fsp3) is 0.133. The third kappa shape index (κ3) is 3.96. The van der Waals surface area contributed by atoms with Crippen molar-refractivity contribution in [3.8, 4) is 5.75 Å². The molecule has 0 aliphatic carbocycles. The van der Waals surface area contributed by atoms with E-state index in [1.54, 1.807) is 0 Å². The van der Waals surface area contributed by atoms with E-state index in [4.69, 9.17) is 22.7 Å². The second-order valence-corrected chi connectivity index (χ2v) is 4.44. The van der Waals surface area contributed by atoms with Crippen LogP contribution in [0.2, 0.25) is 0 Å². The van der Waals surface area contributed by atoms with Crippen molar-refractivity contribution in [2.45, 2.75) is 0 Å². The lowest BCUT2D eigenvalue weighted by Crippen LogP contribution is -2.16. The fourth-order valence-electron chi connectivity index (χ4n) is 1.72. The first kappa shape index (κ1) is 13.4. The highest BCUT2D eigenvalue weighted by atomic mass is 32.1. The molecule has 0 saturated heterocycles. The van der Waals surface area contributed by atoms with Gasteiger partial charge >= 0.3 is 0 Å². The van der Waals surface area contributed by atoms with Crippen molar-refractivity contribution in [2.75, 3.05) is 18.5 Å². The molecule has 2 aromatic carbocycles. The number of hydrogen-bond acceptors (Lipinski definition) is 3. The van der Waals surface area contributed by atoms with Gasteiger partial charge in [-0.2, -0.15) is 0 Å². The molecule has 2 aromatic rings. The van der Waals surface area contributed by atoms with Gasteiger partial charge in [0.2, 0.25) is 0 Å². The number of nitrogens with two attached hydrogens (primary N) is 1. The Hall–Kier alpha value is -2.07. The first-order chi connectivity index (χ1) is 9.27. The number of benzene rings is 2. The molecule has 98 valence electrons. The summed E-state index contributed by atoms with van der Waals surface area (Å²) < 4.78 is 5.60. The maximum absolute atomic E-state index is 5.67. The van der Waals surface area contributed by atoms with Crippen LogP contribution in [0.1, 0.15) is 5.56 Å². The average Bonchev–Trinajstić information content (AvgIpc) is 2.45. The third-order valence-corrected chi connectivity index (χ3v) is 2.84. The van der Waals surface area contributed by atoms with Crippen LogP contribution in [0.25, 0.3) is 0 Å². The number of hydrogen-bond donors (Lipinski definition) is 2. The molecule has 0 bridgehead atoms. The van der Waals surface area contributed by atoms with Gasteiger partial charge in [0.15, 0.2) is 0 Å². The van der Waals surface area contributed by atoms with E-state index in [2.05, 4.69) is 5.32 Å². The van der Waals surface area contributed by atoms with Crippen molar-refractivity contribution in [3.63, 3.8) is 0 Å². The summed E-state index contributed by atoms with van der Waals surface area (Å²) >= 11 is 5.01. The second kappa shape index (κ2) is 6.75. The number of anilines is 1. The summed E-state index contributed by atoms with van der Waals surface area (Å²) in [5.41, 5.74) is 7.47. The minimum Gasteiger partial charge on any atom is -0.492 e. The summed E-state index contributed by atoms with van der Waals surface area (Å²) in [6, 6.07) is 17.5. The minimum absolute atomic E-state index is 0.395. The summed E-state index contributed by atoms with van der Waals surface area (Å²) in [6.07, 6.45) is 0. The van der Waals surface area contributed by atoms with Gasteiger partial charge in [-0.25, -0.2) is 0 Å². The first-order valence-corrected chi connectivity index (χ1v) is 6.49. The van der Waals surface area contributed by atoms with Gasteiger partial charge in [0.25, 0.3) is 0 Å². The highest BCUT2D eigenvalue weighted by molar-refractivity contribution is 7.80. The number of nitrogens with one attached hydrogen (secondary N) is 1. The smallest absolute Gasteiger partial charge is 0.119 e. The van der Waals surface area contributed by atoms with E-state index < -0.39 is 0 Å². The van der Waals surface area contributed by atoms with Crippen LogP contribution in [0.5, 0.6) is 5.75 Å². The van der Waals surface area contributed by atoms with E-state index in [-0.39, 0.29) is 0 Å². The van der Waals surface area contributed by atoms with Crippen molar-refractivity contribution >= 4 is 22.9 Å². The van der Waals surface area contributed by atoms with E-state index in [1.165, 1.54) is 0 Å². The normalized spacial score (nSPS) is 9.89. The van der Waals surface area contributed by atoms with Gasteiger partial charge in [-0.15, -0.1) is 0 Å². The number of rotatable bonds is 6. The van der Waals surface area contributed by atoms with Crippen LogP contribution in [-0.2, 0) is 0 Å². The third-order valence-electron chi connectivity index (χ3n) is 2.62. The Bertz CT molecular complexity index is 543. The molecule has 2 rings (SSSR count). The highest BCUT2D eigenvalue weighted by Crippen LogP contribution is 2.14. The van der Waals surface area contributed by atoms with Crippen LogP contribution in [-0.4, -0.2) is 18.1 Å². The molecule has 0 atom stereocenters. The molecule has 0 aliphatic heterocycles. The molecule has 0 amide bonds. The molecule has 0 aliphatic rings. The minimum atomic E-state index is 0.395. The largest absolute Gasteiger partial charge is 0.492 e. The zero-order valence-electron chi connectivity index (χ0n) is 10.5. The summed E-state index contributed by atoms with van der Waals surface area (Å²) in [5, 5.41) is 3.27. The Kier molecular flexibility index (Phi) is 4.75. The maximum atomic E-state index is 5.67. The molecule has 0 fully saturated rings. The van der Waals surface area contributed by atoms with Crippen LogP contribution >= 0.6 is 12.2 Å². The molecular weight excluding hydrogens is 256 g/mol. The Morgan fingerprint density at radius 1 is 1.05 bits per heavy atom. The predicted molar refractivity (Wildman–Crippen MR) is 82.8 cm³/mol. The molecule has 0 aromatic heterocycles. The van der Waals surface area contributed by atoms with Crippen molar-refractivity contribution in [2.24, 2.45) is 5.73 Å². The fourth-order valence-corrected chi connectivity index (χ4v) is 1.90. The van der Waals surface area contributed by atoms with Crippen LogP contribution in [0.3, 0.4) is 0 Å². The molecule has 0 radical (unpaired) electrons. The van der Waals surface area contributed by atoms with E-state index in [9.17, 15) is 0 Å². The lowest BCUT2D eigenvalue weighted by molar-refractivity contribution is 0.333. The average molecular weight is 272 g/mol. The van der Waals surface area contributed by atoms with Crippen LogP contribution < -0.4 is 15.8 Å².